The second kappa shape index (κ2) is 9.30. The average molecular weight is 538 g/mol. The fourth-order valence-electron chi connectivity index (χ4n) is 5.12. The van der Waals surface area contributed by atoms with E-state index >= 15 is 0 Å². The smallest absolute Gasteiger partial charge is 0.343 e. The number of pyridine rings is 1. The van der Waals surface area contributed by atoms with Gasteiger partial charge in [0.15, 0.2) is 17.3 Å². The summed E-state index contributed by atoms with van der Waals surface area (Å²) in [4.78, 5) is 44.4. The molecule has 0 radical (unpaired) electrons. The lowest BCUT2D eigenvalue weighted by Crippen LogP contribution is -2.20. The SMILES string of the molecule is CC(C)(C)c1cc(C(=O)Oc2cccc3ccc(C4C(=O)c5cccc(O)c5C4=O)nc23)cc(C(C)(C)C)c1O. The summed E-state index contributed by atoms with van der Waals surface area (Å²) in [7, 11) is 0. The summed E-state index contributed by atoms with van der Waals surface area (Å²) in [5.41, 5.74) is 1.37. The summed E-state index contributed by atoms with van der Waals surface area (Å²) in [5.74, 6) is -2.69. The highest BCUT2D eigenvalue weighted by Gasteiger charge is 2.42. The van der Waals surface area contributed by atoms with Crippen molar-refractivity contribution in [2.45, 2.75) is 58.3 Å². The molecule has 5 rings (SSSR count). The van der Waals surface area contributed by atoms with Crippen LogP contribution >= 0.6 is 0 Å². The lowest BCUT2D eigenvalue weighted by Gasteiger charge is -2.28. The number of phenols is 2. The van der Waals surface area contributed by atoms with Crippen LogP contribution < -0.4 is 4.74 Å². The van der Waals surface area contributed by atoms with Gasteiger partial charge in [0.1, 0.15) is 22.9 Å². The van der Waals surface area contributed by atoms with E-state index in [4.69, 9.17) is 4.74 Å². The van der Waals surface area contributed by atoms with Crippen LogP contribution in [0.4, 0.5) is 0 Å². The molecule has 0 saturated heterocycles. The van der Waals surface area contributed by atoms with Crippen molar-refractivity contribution in [1.29, 1.82) is 0 Å². The molecule has 4 aromatic rings. The van der Waals surface area contributed by atoms with Crippen LogP contribution in [0.2, 0.25) is 0 Å². The molecular weight excluding hydrogens is 506 g/mol. The first kappa shape index (κ1) is 27.1. The van der Waals surface area contributed by atoms with Crippen LogP contribution in [0.15, 0.2) is 60.7 Å². The van der Waals surface area contributed by atoms with Crippen molar-refractivity contribution >= 4 is 28.4 Å². The maximum Gasteiger partial charge on any atom is 0.343 e. The van der Waals surface area contributed by atoms with Gasteiger partial charge in [-0.05, 0) is 41.2 Å². The number of hydrogen-bond acceptors (Lipinski definition) is 7. The van der Waals surface area contributed by atoms with Crippen LogP contribution in [0.5, 0.6) is 17.2 Å². The van der Waals surface area contributed by atoms with Crippen molar-refractivity contribution in [2.75, 3.05) is 0 Å². The average Bonchev–Trinajstić information content (AvgIpc) is 3.13. The number of ketones is 2. The number of ether oxygens (including phenoxy) is 1. The van der Waals surface area contributed by atoms with Crippen LogP contribution in [-0.2, 0) is 10.8 Å². The van der Waals surface area contributed by atoms with E-state index in [0.29, 0.717) is 22.0 Å². The van der Waals surface area contributed by atoms with E-state index in [-0.39, 0.29) is 39.6 Å². The van der Waals surface area contributed by atoms with Gasteiger partial charge < -0.3 is 14.9 Å². The summed E-state index contributed by atoms with van der Waals surface area (Å²) in [6, 6.07) is 16.1. The zero-order chi connectivity index (χ0) is 29.1. The number of carbonyl (C=O) groups is 3. The summed E-state index contributed by atoms with van der Waals surface area (Å²) in [6.07, 6.45) is 0. The highest BCUT2D eigenvalue weighted by molar-refractivity contribution is 6.30. The number of benzene rings is 3. The molecule has 7 heteroatoms. The van der Waals surface area contributed by atoms with E-state index in [1.807, 2.05) is 41.5 Å². The second-order valence-corrected chi connectivity index (χ2v) is 12.2. The van der Waals surface area contributed by atoms with Crippen molar-refractivity contribution in [2.24, 2.45) is 0 Å². The Morgan fingerprint density at radius 1 is 0.825 bits per heavy atom. The molecule has 40 heavy (non-hydrogen) atoms. The van der Waals surface area contributed by atoms with Crippen LogP contribution in [0.1, 0.15) is 95.4 Å². The maximum absolute atomic E-state index is 13.5. The number of esters is 1. The Hall–Kier alpha value is -4.52. The number of para-hydroxylation sites is 1. The minimum absolute atomic E-state index is 0.00394. The van der Waals surface area contributed by atoms with Gasteiger partial charge in [-0.25, -0.2) is 9.78 Å². The molecule has 0 aliphatic heterocycles. The molecule has 1 heterocycles. The minimum atomic E-state index is -1.20. The Labute approximate surface area is 232 Å². The number of Topliss-reactive ketones (excluding diaryl/α,β-unsaturated/α-hetero) is 2. The number of nitrogens with zero attached hydrogens (tertiary/aromatic N) is 1. The van der Waals surface area contributed by atoms with E-state index in [2.05, 4.69) is 4.98 Å². The fraction of sp³-hybridized carbons (Fsp3) is 0.273. The predicted molar refractivity (Wildman–Crippen MR) is 152 cm³/mol. The van der Waals surface area contributed by atoms with Crippen LogP contribution in [0, 0.1) is 0 Å². The first-order valence-corrected chi connectivity index (χ1v) is 13.1. The van der Waals surface area contributed by atoms with Crippen molar-refractivity contribution in [3.63, 3.8) is 0 Å². The Kier molecular flexibility index (Phi) is 6.29. The molecule has 1 aliphatic rings. The fourth-order valence-corrected chi connectivity index (χ4v) is 5.12. The second-order valence-electron chi connectivity index (χ2n) is 12.2. The first-order valence-electron chi connectivity index (χ1n) is 13.1. The van der Waals surface area contributed by atoms with Crippen molar-refractivity contribution < 1.29 is 29.3 Å². The summed E-state index contributed by atoms with van der Waals surface area (Å²) < 4.78 is 5.85. The molecule has 1 aliphatic carbocycles. The molecule has 0 bridgehead atoms. The van der Waals surface area contributed by atoms with Gasteiger partial charge >= 0.3 is 5.97 Å². The molecule has 1 atom stereocenters. The number of phenolic OH excluding ortho intramolecular Hbond substituents is 2. The van der Waals surface area contributed by atoms with Gasteiger partial charge in [0, 0.05) is 22.1 Å². The normalized spacial score (nSPS) is 15.4. The third-order valence-electron chi connectivity index (χ3n) is 7.24. The Bertz CT molecular complexity index is 1690. The van der Waals surface area contributed by atoms with Crippen molar-refractivity contribution in [1.82, 2.24) is 4.98 Å². The molecule has 1 unspecified atom stereocenters. The summed E-state index contributed by atoms with van der Waals surface area (Å²) >= 11 is 0. The minimum Gasteiger partial charge on any atom is -0.507 e. The van der Waals surface area contributed by atoms with Gasteiger partial charge in [-0.3, -0.25) is 9.59 Å². The lowest BCUT2D eigenvalue weighted by atomic mass is 9.78. The largest absolute Gasteiger partial charge is 0.507 e. The lowest BCUT2D eigenvalue weighted by molar-refractivity contribution is 0.0735. The zero-order valence-electron chi connectivity index (χ0n) is 23.3. The van der Waals surface area contributed by atoms with Crippen LogP contribution in [-0.4, -0.2) is 32.7 Å². The molecule has 0 fully saturated rings. The number of carbonyl (C=O) groups excluding carboxylic acids is 3. The molecule has 3 aromatic carbocycles. The van der Waals surface area contributed by atoms with E-state index in [0.717, 1.165) is 0 Å². The standard InChI is InChI=1S/C33H31NO6/c1-32(2,3)20-15-18(16-21(29(20)37)33(4,5)6)31(39)40-24-12-7-9-17-13-14-22(34-27(17)24)26-28(36)19-10-8-11-23(35)25(19)30(26)38/h7-16,26,35,37H,1-6H3. The molecule has 204 valence electrons. The van der Waals surface area contributed by atoms with Gasteiger partial charge in [-0.15, -0.1) is 0 Å². The Morgan fingerprint density at radius 3 is 2.05 bits per heavy atom. The van der Waals surface area contributed by atoms with E-state index in [1.165, 1.54) is 18.2 Å². The summed E-state index contributed by atoms with van der Waals surface area (Å²) in [5, 5.41) is 21.9. The van der Waals surface area contributed by atoms with Crippen LogP contribution in [0.3, 0.4) is 0 Å². The monoisotopic (exact) mass is 537 g/mol. The highest BCUT2D eigenvalue weighted by atomic mass is 16.5. The number of aromatic hydroxyl groups is 2. The van der Waals surface area contributed by atoms with Gasteiger partial charge in [-0.1, -0.05) is 71.9 Å². The molecule has 0 saturated carbocycles. The molecule has 0 amide bonds. The zero-order valence-corrected chi connectivity index (χ0v) is 23.3. The number of fused-ring (bicyclic) bond motifs is 2. The third-order valence-corrected chi connectivity index (χ3v) is 7.24. The number of aromatic nitrogens is 1. The molecule has 2 N–H and O–H groups in total. The Balaban J connectivity index is 1.56. The van der Waals surface area contributed by atoms with Gasteiger partial charge in [0.2, 0.25) is 0 Å². The van der Waals surface area contributed by atoms with Gasteiger partial charge in [-0.2, -0.15) is 0 Å². The Morgan fingerprint density at radius 2 is 1.45 bits per heavy atom. The topological polar surface area (TPSA) is 114 Å². The van der Waals surface area contributed by atoms with Crippen molar-refractivity contribution in [3.8, 4) is 17.2 Å². The first-order chi connectivity index (χ1) is 18.7. The predicted octanol–water partition coefficient (Wildman–Crippen LogP) is 6.62. The highest BCUT2D eigenvalue weighted by Crippen LogP contribution is 2.41. The van der Waals surface area contributed by atoms with E-state index in [9.17, 15) is 24.6 Å². The molecule has 7 nitrogen and oxygen atoms in total. The third kappa shape index (κ3) is 4.51. The van der Waals surface area contributed by atoms with Gasteiger partial charge in [0.05, 0.1) is 16.8 Å². The van der Waals surface area contributed by atoms with Gasteiger partial charge in [0.25, 0.3) is 0 Å². The summed E-state index contributed by atoms with van der Waals surface area (Å²) in [6.45, 7) is 11.8. The van der Waals surface area contributed by atoms with Crippen LogP contribution in [0.25, 0.3) is 10.9 Å². The molecule has 1 aromatic heterocycles. The number of hydrogen-bond donors (Lipinski definition) is 2. The molecular formula is C33H31NO6. The number of rotatable bonds is 3. The van der Waals surface area contributed by atoms with Crippen molar-refractivity contribution in [3.05, 3.63) is 94.2 Å². The molecule has 0 spiro atoms. The van der Waals surface area contributed by atoms with E-state index in [1.54, 1.807) is 42.5 Å². The quantitative estimate of drug-likeness (QED) is 0.171. The maximum atomic E-state index is 13.5. The van der Waals surface area contributed by atoms with E-state index < -0.39 is 34.3 Å².